The molecule has 1 N–H and O–H groups in total. The molecule has 1 aromatic carbocycles. The molecule has 122 valence electrons. The molecule has 0 atom stereocenters. The highest BCUT2D eigenvalue weighted by Gasteiger charge is 2.10. The first kappa shape index (κ1) is 15.0. The lowest BCUT2D eigenvalue weighted by molar-refractivity contribution is 0.394. The Morgan fingerprint density at radius 3 is 2.32 bits per heavy atom. The van der Waals surface area contributed by atoms with Crippen LogP contribution in [0.15, 0.2) is 42.7 Å². The van der Waals surface area contributed by atoms with Crippen LogP contribution in [-0.4, -0.2) is 29.2 Å². The number of aromatic nitrogens is 3. The van der Waals surface area contributed by atoms with E-state index in [1.165, 1.54) is 0 Å². The van der Waals surface area contributed by atoms with Crippen molar-refractivity contribution in [2.45, 2.75) is 0 Å². The highest BCUT2D eigenvalue weighted by Crippen LogP contribution is 2.32. The van der Waals surface area contributed by atoms with Crippen molar-refractivity contribution in [3.05, 3.63) is 48.4 Å². The second-order valence-corrected chi connectivity index (χ2v) is 5.57. The number of fused-ring (bicyclic) bond motifs is 3. The highest BCUT2D eigenvalue weighted by atomic mass is 16.5. The van der Waals surface area contributed by atoms with Crippen LogP contribution in [0.1, 0.15) is 5.69 Å². The molecule has 25 heavy (non-hydrogen) atoms. The normalized spacial score (nSPS) is 10.8. The van der Waals surface area contributed by atoms with E-state index < -0.39 is 0 Å². The van der Waals surface area contributed by atoms with Crippen LogP contribution < -0.4 is 9.47 Å². The van der Waals surface area contributed by atoms with Crippen molar-refractivity contribution in [1.82, 2.24) is 15.0 Å². The summed E-state index contributed by atoms with van der Waals surface area (Å²) in [6.07, 6.45) is 3.45. The van der Waals surface area contributed by atoms with Crippen molar-refractivity contribution in [3.63, 3.8) is 0 Å². The predicted molar refractivity (Wildman–Crippen MR) is 94.6 cm³/mol. The number of nitrogens with zero attached hydrogens (tertiary/aromatic N) is 3. The molecule has 0 fully saturated rings. The van der Waals surface area contributed by atoms with Gasteiger partial charge in [0.2, 0.25) is 0 Å². The van der Waals surface area contributed by atoms with Gasteiger partial charge in [0.05, 0.1) is 25.9 Å². The van der Waals surface area contributed by atoms with Gasteiger partial charge in [-0.25, -0.2) is 9.97 Å². The summed E-state index contributed by atoms with van der Waals surface area (Å²) in [6, 6.07) is 11.6. The fraction of sp³-hybridized carbons (Fsp3) is 0.105. The first-order valence-corrected chi connectivity index (χ1v) is 7.63. The van der Waals surface area contributed by atoms with Gasteiger partial charge in [0.25, 0.3) is 0 Å². The number of methoxy groups -OCH3 is 2. The molecule has 0 radical (unpaired) electrons. The summed E-state index contributed by atoms with van der Waals surface area (Å²) in [5.41, 5.74) is 3.85. The maximum atomic E-state index is 9.09. The third-order valence-corrected chi connectivity index (χ3v) is 4.13. The van der Waals surface area contributed by atoms with E-state index in [2.05, 4.69) is 21.0 Å². The number of pyridine rings is 2. The van der Waals surface area contributed by atoms with Crippen LogP contribution in [0.5, 0.6) is 11.5 Å². The molecule has 0 spiro atoms. The average Bonchev–Trinajstić information content (AvgIpc) is 3.04. The Morgan fingerprint density at radius 1 is 0.880 bits per heavy atom. The van der Waals surface area contributed by atoms with Crippen molar-refractivity contribution in [1.29, 1.82) is 5.26 Å². The number of hydrogen-bond donors (Lipinski definition) is 1. The van der Waals surface area contributed by atoms with Crippen molar-refractivity contribution in [2.75, 3.05) is 14.2 Å². The summed E-state index contributed by atoms with van der Waals surface area (Å²) in [5.74, 6) is 1.42. The number of hydrogen-bond acceptors (Lipinski definition) is 5. The standard InChI is InChI=1S/C19H14N4O2/c1-24-14-3-11(4-15(7-14)25-2)12-5-17-16-6-13(8-20)21-10-18(16)23-19(17)22-9-12/h3-7,9-10H,1-2H3,(H,22,23). The average molecular weight is 330 g/mol. The molecule has 6 heteroatoms. The molecule has 4 rings (SSSR count). The first-order chi connectivity index (χ1) is 12.2. The zero-order chi connectivity index (χ0) is 17.4. The molecule has 6 nitrogen and oxygen atoms in total. The summed E-state index contributed by atoms with van der Waals surface area (Å²) in [7, 11) is 3.24. The van der Waals surface area contributed by atoms with Crippen LogP contribution in [0.25, 0.3) is 33.1 Å². The number of nitrogens with one attached hydrogen (secondary N) is 1. The number of benzene rings is 1. The van der Waals surface area contributed by atoms with Crippen LogP contribution in [-0.2, 0) is 0 Å². The fourth-order valence-electron chi connectivity index (χ4n) is 2.87. The van der Waals surface area contributed by atoms with Crippen molar-refractivity contribution in [2.24, 2.45) is 0 Å². The smallest absolute Gasteiger partial charge is 0.141 e. The Hall–Kier alpha value is -3.59. The molecule has 3 heterocycles. The third kappa shape index (κ3) is 2.52. The van der Waals surface area contributed by atoms with Gasteiger partial charge in [-0.05, 0) is 29.8 Å². The monoisotopic (exact) mass is 330 g/mol. The largest absolute Gasteiger partial charge is 0.497 e. The first-order valence-electron chi connectivity index (χ1n) is 7.63. The minimum absolute atomic E-state index is 0.377. The Kier molecular flexibility index (Phi) is 3.47. The van der Waals surface area contributed by atoms with E-state index in [0.717, 1.165) is 33.1 Å². The highest BCUT2D eigenvalue weighted by molar-refractivity contribution is 6.07. The molecule has 3 aromatic heterocycles. The van der Waals surface area contributed by atoms with Crippen LogP contribution in [0.2, 0.25) is 0 Å². The Balaban J connectivity index is 1.94. The second-order valence-electron chi connectivity index (χ2n) is 5.57. The summed E-state index contributed by atoms with van der Waals surface area (Å²) in [5, 5.41) is 10.9. The van der Waals surface area contributed by atoms with Crippen LogP contribution >= 0.6 is 0 Å². The second kappa shape index (κ2) is 5.80. The molecule has 0 saturated carbocycles. The van der Waals surface area contributed by atoms with Gasteiger partial charge in [0, 0.05) is 28.6 Å². The van der Waals surface area contributed by atoms with Gasteiger partial charge in [-0.1, -0.05) is 0 Å². The lowest BCUT2D eigenvalue weighted by Gasteiger charge is -2.08. The number of H-pyrrole nitrogens is 1. The van der Waals surface area contributed by atoms with E-state index in [-0.39, 0.29) is 0 Å². The van der Waals surface area contributed by atoms with Gasteiger partial charge in [-0.3, -0.25) is 0 Å². The van der Waals surface area contributed by atoms with Crippen molar-refractivity contribution < 1.29 is 9.47 Å². The lowest BCUT2D eigenvalue weighted by Crippen LogP contribution is -1.89. The molecule has 0 aliphatic rings. The van der Waals surface area contributed by atoms with E-state index >= 15 is 0 Å². The zero-order valence-corrected chi connectivity index (χ0v) is 13.7. The number of ether oxygens (including phenoxy) is 2. The lowest BCUT2D eigenvalue weighted by atomic mass is 10.0. The minimum atomic E-state index is 0.377. The minimum Gasteiger partial charge on any atom is -0.497 e. The van der Waals surface area contributed by atoms with E-state index in [9.17, 15) is 0 Å². The molecule has 0 amide bonds. The number of nitriles is 1. The van der Waals surface area contributed by atoms with Gasteiger partial charge >= 0.3 is 0 Å². The summed E-state index contributed by atoms with van der Waals surface area (Å²) in [6.45, 7) is 0. The van der Waals surface area contributed by atoms with Crippen LogP contribution in [0.4, 0.5) is 0 Å². The van der Waals surface area contributed by atoms with E-state index in [0.29, 0.717) is 17.2 Å². The molecule has 0 bridgehead atoms. The number of aromatic amines is 1. The molecule has 0 aliphatic heterocycles. The van der Waals surface area contributed by atoms with Gasteiger partial charge in [-0.15, -0.1) is 0 Å². The van der Waals surface area contributed by atoms with E-state index in [1.807, 2.05) is 24.3 Å². The Morgan fingerprint density at radius 2 is 1.64 bits per heavy atom. The molecular formula is C19H14N4O2. The SMILES string of the molecule is COc1cc(OC)cc(-c2cnc3[nH]c4cnc(C#N)cc4c3c2)c1. The fourth-order valence-corrected chi connectivity index (χ4v) is 2.87. The third-order valence-electron chi connectivity index (χ3n) is 4.13. The predicted octanol–water partition coefficient (Wildman–Crippen LogP) is 3.67. The molecule has 0 saturated heterocycles. The quantitative estimate of drug-likeness (QED) is 0.619. The van der Waals surface area contributed by atoms with Gasteiger partial charge in [0.1, 0.15) is 28.9 Å². The van der Waals surface area contributed by atoms with Gasteiger partial charge in [0.15, 0.2) is 0 Å². The molecule has 0 aliphatic carbocycles. The summed E-state index contributed by atoms with van der Waals surface area (Å²) in [4.78, 5) is 11.8. The van der Waals surface area contributed by atoms with E-state index in [1.54, 1.807) is 32.7 Å². The molecule has 0 unspecified atom stereocenters. The van der Waals surface area contributed by atoms with Gasteiger partial charge < -0.3 is 14.5 Å². The summed E-state index contributed by atoms with van der Waals surface area (Å²) < 4.78 is 10.7. The van der Waals surface area contributed by atoms with Crippen molar-refractivity contribution in [3.8, 4) is 28.7 Å². The van der Waals surface area contributed by atoms with E-state index in [4.69, 9.17) is 14.7 Å². The molecule has 4 aromatic rings. The van der Waals surface area contributed by atoms with Crippen molar-refractivity contribution >= 4 is 21.9 Å². The maximum absolute atomic E-state index is 9.09. The Labute approximate surface area is 143 Å². The van der Waals surface area contributed by atoms with Crippen LogP contribution in [0, 0.1) is 11.3 Å². The van der Waals surface area contributed by atoms with Crippen LogP contribution in [0.3, 0.4) is 0 Å². The molecular weight excluding hydrogens is 316 g/mol. The Bertz CT molecular complexity index is 1120. The van der Waals surface area contributed by atoms with Gasteiger partial charge in [-0.2, -0.15) is 5.26 Å². The summed E-state index contributed by atoms with van der Waals surface area (Å²) >= 11 is 0. The number of rotatable bonds is 3. The zero-order valence-electron chi connectivity index (χ0n) is 13.7. The maximum Gasteiger partial charge on any atom is 0.141 e. The topological polar surface area (TPSA) is 83.8 Å².